The molecule has 4 rings (SSSR count). The Hall–Kier alpha value is -4.00. The summed E-state index contributed by atoms with van der Waals surface area (Å²) in [5.74, 6) is 1.54. The van der Waals surface area contributed by atoms with Gasteiger partial charge in [-0.2, -0.15) is 0 Å². The Bertz CT molecular complexity index is 1250. The molecule has 0 spiro atoms. The largest absolute Gasteiger partial charge is 0.493 e. The molecule has 164 valence electrons. The molecule has 1 N–H and O–H groups in total. The highest BCUT2D eigenvalue weighted by atomic mass is 16.5. The first-order valence-electron chi connectivity index (χ1n) is 10.4. The number of imidazole rings is 1. The van der Waals surface area contributed by atoms with Gasteiger partial charge in [0.1, 0.15) is 18.0 Å². The molecule has 2 heterocycles. The zero-order chi connectivity index (χ0) is 22.5. The second-order valence-electron chi connectivity index (χ2n) is 7.22. The van der Waals surface area contributed by atoms with Crippen molar-refractivity contribution in [2.75, 3.05) is 19.0 Å². The van der Waals surface area contributed by atoms with Crippen LogP contribution in [-0.4, -0.2) is 29.0 Å². The van der Waals surface area contributed by atoms with Gasteiger partial charge in [-0.3, -0.25) is 4.79 Å². The number of aryl methyl sites for hydroxylation is 1. The molecule has 0 saturated carbocycles. The number of amides is 1. The summed E-state index contributed by atoms with van der Waals surface area (Å²) in [5, 5.41) is 2.88. The van der Waals surface area contributed by atoms with Crippen LogP contribution in [0, 0.1) is 6.92 Å². The van der Waals surface area contributed by atoms with Crippen molar-refractivity contribution in [3.63, 3.8) is 0 Å². The number of rotatable bonds is 8. The maximum absolute atomic E-state index is 12.8. The van der Waals surface area contributed by atoms with Crippen LogP contribution in [0.1, 0.15) is 28.5 Å². The molecule has 7 nitrogen and oxygen atoms in total. The third-order valence-electron chi connectivity index (χ3n) is 4.93. The molecule has 0 fully saturated rings. The molecule has 1 amide bonds. The average molecular weight is 431 g/mol. The van der Waals surface area contributed by atoms with Crippen molar-refractivity contribution < 1.29 is 19.0 Å². The predicted molar refractivity (Wildman–Crippen MR) is 123 cm³/mol. The van der Waals surface area contributed by atoms with E-state index in [1.54, 1.807) is 43.5 Å². The van der Waals surface area contributed by atoms with Crippen molar-refractivity contribution in [3.8, 4) is 17.2 Å². The number of benzene rings is 2. The summed E-state index contributed by atoms with van der Waals surface area (Å²) < 4.78 is 18.7. The minimum absolute atomic E-state index is 0.245. The topological polar surface area (TPSA) is 74.1 Å². The highest BCUT2D eigenvalue weighted by Gasteiger charge is 2.11. The number of hydrogen-bond acceptors (Lipinski definition) is 5. The lowest BCUT2D eigenvalue weighted by Gasteiger charge is -2.12. The lowest BCUT2D eigenvalue weighted by Crippen LogP contribution is -2.12. The fourth-order valence-electron chi connectivity index (χ4n) is 3.38. The molecule has 0 aliphatic heterocycles. The van der Waals surface area contributed by atoms with E-state index in [1.165, 1.54) is 0 Å². The second kappa shape index (κ2) is 9.43. The number of hydrogen-bond donors (Lipinski definition) is 1. The number of nitrogens with one attached hydrogen (secondary N) is 1. The van der Waals surface area contributed by atoms with Gasteiger partial charge in [0.15, 0.2) is 11.5 Å². The second-order valence-corrected chi connectivity index (χ2v) is 7.22. The predicted octanol–water partition coefficient (Wildman–Crippen LogP) is 4.88. The van der Waals surface area contributed by atoms with E-state index in [9.17, 15) is 4.79 Å². The van der Waals surface area contributed by atoms with E-state index in [0.717, 1.165) is 16.9 Å². The number of ether oxygens (including phenoxy) is 3. The smallest absolute Gasteiger partial charge is 0.255 e. The van der Waals surface area contributed by atoms with Gasteiger partial charge in [-0.05, 0) is 55.8 Å². The summed E-state index contributed by atoms with van der Waals surface area (Å²) in [7, 11) is 1.56. The Kier molecular flexibility index (Phi) is 6.26. The Balaban J connectivity index is 1.44. The van der Waals surface area contributed by atoms with E-state index in [-0.39, 0.29) is 5.91 Å². The third-order valence-corrected chi connectivity index (χ3v) is 4.93. The van der Waals surface area contributed by atoms with Crippen molar-refractivity contribution in [1.82, 2.24) is 9.38 Å². The molecule has 0 bridgehead atoms. The summed E-state index contributed by atoms with van der Waals surface area (Å²) in [5.41, 5.74) is 3.92. The average Bonchev–Trinajstić information content (AvgIpc) is 3.23. The monoisotopic (exact) mass is 431 g/mol. The molecule has 2 aromatic carbocycles. The number of aromatic nitrogens is 2. The molecule has 0 aliphatic carbocycles. The SMILES string of the molecule is CCOc1ccc(NC(=O)c2cccc(OCc3cn4cccc(C)c4n3)c2)cc1OC. The zero-order valence-corrected chi connectivity index (χ0v) is 18.3. The summed E-state index contributed by atoms with van der Waals surface area (Å²) in [6, 6.07) is 16.3. The van der Waals surface area contributed by atoms with Gasteiger partial charge in [-0.15, -0.1) is 0 Å². The van der Waals surface area contributed by atoms with Crippen LogP contribution in [0.5, 0.6) is 17.2 Å². The van der Waals surface area contributed by atoms with E-state index in [0.29, 0.717) is 41.7 Å². The Morgan fingerprint density at radius 2 is 1.94 bits per heavy atom. The lowest BCUT2D eigenvalue weighted by atomic mass is 10.2. The van der Waals surface area contributed by atoms with Crippen LogP contribution in [0.15, 0.2) is 67.0 Å². The number of pyridine rings is 1. The summed E-state index contributed by atoms with van der Waals surface area (Å²) in [6.07, 6.45) is 3.90. The Morgan fingerprint density at radius 1 is 1.06 bits per heavy atom. The van der Waals surface area contributed by atoms with Gasteiger partial charge in [0, 0.05) is 29.7 Å². The highest BCUT2D eigenvalue weighted by Crippen LogP contribution is 2.30. The fourth-order valence-corrected chi connectivity index (χ4v) is 3.38. The van der Waals surface area contributed by atoms with Crippen molar-refractivity contribution >= 4 is 17.2 Å². The van der Waals surface area contributed by atoms with Crippen LogP contribution in [0.25, 0.3) is 5.65 Å². The summed E-state index contributed by atoms with van der Waals surface area (Å²) in [4.78, 5) is 17.4. The van der Waals surface area contributed by atoms with Gasteiger partial charge in [0.25, 0.3) is 5.91 Å². The Labute approximate surface area is 186 Å². The molecule has 4 aromatic rings. The number of carbonyl (C=O) groups excluding carboxylic acids is 1. The van der Waals surface area contributed by atoms with Crippen LogP contribution >= 0.6 is 0 Å². The number of carbonyl (C=O) groups is 1. The van der Waals surface area contributed by atoms with E-state index in [2.05, 4.69) is 10.3 Å². The molecular weight excluding hydrogens is 406 g/mol. The van der Waals surface area contributed by atoms with Gasteiger partial charge in [-0.25, -0.2) is 4.98 Å². The molecule has 0 saturated heterocycles. The van der Waals surface area contributed by atoms with Crippen LogP contribution < -0.4 is 19.5 Å². The van der Waals surface area contributed by atoms with Gasteiger partial charge in [0.05, 0.1) is 19.4 Å². The lowest BCUT2D eigenvalue weighted by molar-refractivity contribution is 0.102. The zero-order valence-electron chi connectivity index (χ0n) is 18.3. The first-order valence-corrected chi connectivity index (χ1v) is 10.4. The molecule has 0 radical (unpaired) electrons. The van der Waals surface area contributed by atoms with E-state index in [1.807, 2.05) is 48.8 Å². The first-order chi connectivity index (χ1) is 15.6. The fraction of sp³-hybridized carbons (Fsp3) is 0.200. The molecular formula is C25H25N3O4. The van der Waals surface area contributed by atoms with Crippen LogP contribution in [0.3, 0.4) is 0 Å². The molecule has 0 unspecified atom stereocenters. The quantitative estimate of drug-likeness (QED) is 0.430. The molecule has 32 heavy (non-hydrogen) atoms. The van der Waals surface area contributed by atoms with Crippen molar-refractivity contribution in [2.24, 2.45) is 0 Å². The maximum atomic E-state index is 12.8. The normalized spacial score (nSPS) is 10.7. The number of methoxy groups -OCH3 is 1. The van der Waals surface area contributed by atoms with E-state index >= 15 is 0 Å². The third kappa shape index (κ3) is 4.67. The van der Waals surface area contributed by atoms with Crippen LogP contribution in [0.4, 0.5) is 5.69 Å². The molecule has 0 atom stereocenters. The number of fused-ring (bicyclic) bond motifs is 1. The number of anilines is 1. The minimum Gasteiger partial charge on any atom is -0.493 e. The van der Waals surface area contributed by atoms with Crippen molar-refractivity contribution in [1.29, 1.82) is 0 Å². The maximum Gasteiger partial charge on any atom is 0.255 e. The molecule has 0 aliphatic rings. The standard InChI is InChI=1S/C25H25N3O4/c1-4-31-22-11-10-19(14-23(22)30-3)27-25(29)18-8-5-9-21(13-18)32-16-20-15-28-12-6-7-17(2)24(28)26-20/h5-15H,4,16H2,1-3H3,(H,27,29). The van der Waals surface area contributed by atoms with Crippen LogP contribution in [-0.2, 0) is 6.61 Å². The molecule has 7 heteroatoms. The first kappa shape index (κ1) is 21.2. The summed E-state index contributed by atoms with van der Waals surface area (Å²) in [6.45, 7) is 4.76. The molecule has 2 aromatic heterocycles. The van der Waals surface area contributed by atoms with Gasteiger partial charge < -0.3 is 23.9 Å². The van der Waals surface area contributed by atoms with Crippen molar-refractivity contribution in [3.05, 3.63) is 83.8 Å². The number of nitrogens with zero attached hydrogens (tertiary/aromatic N) is 2. The minimum atomic E-state index is -0.245. The van der Waals surface area contributed by atoms with Crippen molar-refractivity contribution in [2.45, 2.75) is 20.5 Å². The van der Waals surface area contributed by atoms with Gasteiger partial charge in [0.2, 0.25) is 0 Å². The van der Waals surface area contributed by atoms with Crippen LogP contribution in [0.2, 0.25) is 0 Å². The van der Waals surface area contributed by atoms with E-state index < -0.39 is 0 Å². The van der Waals surface area contributed by atoms with Gasteiger partial charge in [-0.1, -0.05) is 12.1 Å². The highest BCUT2D eigenvalue weighted by molar-refractivity contribution is 6.04. The van der Waals surface area contributed by atoms with E-state index in [4.69, 9.17) is 14.2 Å². The summed E-state index contributed by atoms with van der Waals surface area (Å²) >= 11 is 0. The van der Waals surface area contributed by atoms with Gasteiger partial charge >= 0.3 is 0 Å². The Morgan fingerprint density at radius 3 is 2.72 bits per heavy atom.